The van der Waals surface area contributed by atoms with Gasteiger partial charge in [0.05, 0.1) is 12.8 Å². The Morgan fingerprint density at radius 3 is 2.37 bits per heavy atom. The van der Waals surface area contributed by atoms with Gasteiger partial charge in [0.15, 0.2) is 0 Å². The number of hydrogen-bond acceptors (Lipinski definition) is 4. The number of aromatic nitrogens is 1. The lowest BCUT2D eigenvalue weighted by molar-refractivity contribution is 0.0945. The van der Waals surface area contributed by atoms with E-state index in [2.05, 4.69) is 10.6 Å². The summed E-state index contributed by atoms with van der Waals surface area (Å²) in [6.45, 7) is 6.65. The van der Waals surface area contributed by atoms with Crippen LogP contribution < -0.4 is 16.1 Å². The average molecular weight is 373 g/mol. The molecule has 146 valence electrons. The lowest BCUT2D eigenvalue weighted by Crippen LogP contribution is -2.35. The van der Waals surface area contributed by atoms with E-state index in [0.29, 0.717) is 12.3 Å². The fourth-order valence-corrected chi connectivity index (χ4v) is 2.54. The first-order valence-electron chi connectivity index (χ1n) is 9.32. The lowest BCUT2D eigenvalue weighted by atomic mass is 10.1. The summed E-state index contributed by atoms with van der Waals surface area (Å²) < 4.78 is 6.93. The summed E-state index contributed by atoms with van der Waals surface area (Å²) in [5.41, 5.74) is -0.637. The number of unbranched alkanes of at least 4 members (excludes halogenated alkanes) is 1. The first kappa shape index (κ1) is 20.5. The highest BCUT2D eigenvalue weighted by Crippen LogP contribution is 2.12. The SMILES string of the molecule is CCCCNC(=O)c1cn([C@H](C)CC)cc(C(=O)NCc2ccco2)c1=O. The molecule has 0 saturated carbocycles. The molecule has 0 fully saturated rings. The number of furan rings is 1. The number of carbonyl (C=O) groups is 2. The normalized spacial score (nSPS) is 11.8. The molecule has 0 unspecified atom stereocenters. The van der Waals surface area contributed by atoms with Gasteiger partial charge < -0.3 is 19.6 Å². The summed E-state index contributed by atoms with van der Waals surface area (Å²) in [6, 6.07) is 3.50. The number of hydrogen-bond donors (Lipinski definition) is 2. The zero-order valence-corrected chi connectivity index (χ0v) is 16.1. The smallest absolute Gasteiger partial charge is 0.257 e. The van der Waals surface area contributed by atoms with E-state index in [0.717, 1.165) is 19.3 Å². The van der Waals surface area contributed by atoms with Gasteiger partial charge in [0.1, 0.15) is 16.9 Å². The van der Waals surface area contributed by atoms with E-state index in [9.17, 15) is 14.4 Å². The average Bonchev–Trinajstić information content (AvgIpc) is 3.19. The predicted octanol–water partition coefficient (Wildman–Crippen LogP) is 2.87. The van der Waals surface area contributed by atoms with Crippen molar-refractivity contribution in [3.05, 3.63) is 57.9 Å². The largest absolute Gasteiger partial charge is 0.467 e. The van der Waals surface area contributed by atoms with Crippen LogP contribution in [-0.4, -0.2) is 22.9 Å². The Hall–Kier alpha value is -2.83. The van der Waals surface area contributed by atoms with Crippen molar-refractivity contribution in [2.45, 2.75) is 52.6 Å². The Morgan fingerprint density at radius 1 is 1.15 bits per heavy atom. The van der Waals surface area contributed by atoms with Gasteiger partial charge in [0.2, 0.25) is 5.43 Å². The van der Waals surface area contributed by atoms with E-state index in [1.54, 1.807) is 16.7 Å². The van der Waals surface area contributed by atoms with Gasteiger partial charge in [-0.15, -0.1) is 0 Å². The second-order valence-corrected chi connectivity index (χ2v) is 6.49. The van der Waals surface area contributed by atoms with Gasteiger partial charge in [-0.1, -0.05) is 20.3 Å². The molecule has 27 heavy (non-hydrogen) atoms. The van der Waals surface area contributed by atoms with Gasteiger partial charge in [-0.05, 0) is 31.9 Å². The van der Waals surface area contributed by atoms with Crippen LogP contribution in [0.15, 0.2) is 40.0 Å². The maximum atomic E-state index is 12.8. The molecule has 7 nitrogen and oxygen atoms in total. The second kappa shape index (κ2) is 9.75. The number of rotatable bonds is 9. The number of nitrogens with zero attached hydrogens (tertiary/aromatic N) is 1. The Morgan fingerprint density at radius 2 is 1.81 bits per heavy atom. The molecule has 2 aromatic rings. The highest BCUT2D eigenvalue weighted by atomic mass is 16.3. The highest BCUT2D eigenvalue weighted by molar-refractivity contribution is 5.99. The van der Waals surface area contributed by atoms with Crippen LogP contribution in [0.5, 0.6) is 0 Å². The third-order valence-corrected chi connectivity index (χ3v) is 4.45. The molecular weight excluding hydrogens is 346 g/mol. The zero-order valence-electron chi connectivity index (χ0n) is 16.1. The molecule has 0 aliphatic rings. The van der Waals surface area contributed by atoms with Crippen molar-refractivity contribution < 1.29 is 14.0 Å². The van der Waals surface area contributed by atoms with Gasteiger partial charge in [-0.25, -0.2) is 0 Å². The molecule has 0 aromatic carbocycles. The topological polar surface area (TPSA) is 93.3 Å². The minimum atomic E-state index is -0.569. The van der Waals surface area contributed by atoms with Crippen LogP contribution in [0.4, 0.5) is 0 Å². The molecule has 2 aromatic heterocycles. The zero-order chi connectivity index (χ0) is 19.8. The number of amides is 2. The maximum Gasteiger partial charge on any atom is 0.257 e. The third kappa shape index (κ3) is 5.32. The van der Waals surface area contributed by atoms with Gasteiger partial charge in [0.25, 0.3) is 11.8 Å². The Bertz CT molecular complexity index is 824. The molecule has 2 amide bonds. The van der Waals surface area contributed by atoms with E-state index in [-0.39, 0.29) is 23.7 Å². The van der Waals surface area contributed by atoms with Gasteiger partial charge in [0, 0.05) is 25.0 Å². The van der Waals surface area contributed by atoms with Gasteiger partial charge >= 0.3 is 0 Å². The molecule has 0 saturated heterocycles. The molecule has 1 atom stereocenters. The van der Waals surface area contributed by atoms with Crippen molar-refractivity contribution in [3.8, 4) is 0 Å². The van der Waals surface area contributed by atoms with Crippen molar-refractivity contribution in [2.24, 2.45) is 0 Å². The van der Waals surface area contributed by atoms with Crippen molar-refractivity contribution in [3.63, 3.8) is 0 Å². The van der Waals surface area contributed by atoms with E-state index in [4.69, 9.17) is 4.42 Å². The van der Waals surface area contributed by atoms with E-state index < -0.39 is 17.2 Å². The summed E-state index contributed by atoms with van der Waals surface area (Å²) in [4.78, 5) is 37.8. The fraction of sp³-hybridized carbons (Fsp3) is 0.450. The van der Waals surface area contributed by atoms with Crippen molar-refractivity contribution >= 4 is 11.8 Å². The minimum absolute atomic E-state index is 0.0166. The van der Waals surface area contributed by atoms with Crippen molar-refractivity contribution in [2.75, 3.05) is 6.54 Å². The Labute approximate surface area is 158 Å². The van der Waals surface area contributed by atoms with Crippen molar-refractivity contribution in [1.82, 2.24) is 15.2 Å². The molecule has 0 aliphatic heterocycles. The van der Waals surface area contributed by atoms with Crippen molar-refractivity contribution in [1.29, 1.82) is 0 Å². The Kier molecular flexibility index (Phi) is 7.40. The molecule has 7 heteroatoms. The number of carbonyl (C=O) groups excluding carboxylic acids is 2. The summed E-state index contributed by atoms with van der Waals surface area (Å²) in [6.07, 6.45) is 7.12. The van der Waals surface area contributed by atoms with E-state index in [1.165, 1.54) is 18.7 Å². The summed E-state index contributed by atoms with van der Waals surface area (Å²) >= 11 is 0. The monoisotopic (exact) mass is 373 g/mol. The summed E-state index contributed by atoms with van der Waals surface area (Å²) in [5, 5.41) is 5.41. The molecule has 2 N–H and O–H groups in total. The quantitative estimate of drug-likeness (QED) is 0.661. The molecule has 2 rings (SSSR count). The standard InChI is InChI=1S/C20H27N3O4/c1-4-6-9-21-19(25)16-12-23(14(3)5-2)13-17(18(16)24)20(26)22-11-15-8-7-10-27-15/h7-8,10,12-14H,4-6,9,11H2,1-3H3,(H,21,25)(H,22,26)/t14-/m1/s1. The molecule has 2 heterocycles. The van der Waals surface area contributed by atoms with E-state index >= 15 is 0 Å². The number of nitrogens with one attached hydrogen (secondary N) is 2. The van der Waals surface area contributed by atoms with E-state index in [1.807, 2.05) is 20.8 Å². The summed E-state index contributed by atoms with van der Waals surface area (Å²) in [7, 11) is 0. The van der Waals surface area contributed by atoms with Gasteiger partial charge in [-0.2, -0.15) is 0 Å². The number of pyridine rings is 1. The minimum Gasteiger partial charge on any atom is -0.467 e. The van der Waals surface area contributed by atoms with Crippen LogP contribution in [-0.2, 0) is 6.54 Å². The predicted molar refractivity (Wildman–Crippen MR) is 103 cm³/mol. The van der Waals surface area contributed by atoms with Crippen LogP contribution in [0, 0.1) is 0 Å². The summed E-state index contributed by atoms with van der Waals surface area (Å²) in [5.74, 6) is -0.401. The third-order valence-electron chi connectivity index (χ3n) is 4.45. The fourth-order valence-electron chi connectivity index (χ4n) is 2.54. The molecule has 0 aliphatic carbocycles. The Balaban J connectivity index is 2.31. The van der Waals surface area contributed by atoms with Crippen LogP contribution in [0.1, 0.15) is 72.6 Å². The first-order chi connectivity index (χ1) is 13.0. The lowest BCUT2D eigenvalue weighted by Gasteiger charge is -2.17. The highest BCUT2D eigenvalue weighted by Gasteiger charge is 2.20. The van der Waals surface area contributed by atoms with Crippen LogP contribution in [0.2, 0.25) is 0 Å². The molecule has 0 spiro atoms. The van der Waals surface area contributed by atoms with Crippen LogP contribution in [0.3, 0.4) is 0 Å². The molecular formula is C20H27N3O4. The maximum absolute atomic E-state index is 12.8. The molecule has 0 bridgehead atoms. The van der Waals surface area contributed by atoms with Crippen LogP contribution >= 0.6 is 0 Å². The van der Waals surface area contributed by atoms with Gasteiger partial charge in [-0.3, -0.25) is 14.4 Å². The second-order valence-electron chi connectivity index (χ2n) is 6.49. The van der Waals surface area contributed by atoms with Crippen LogP contribution in [0.25, 0.3) is 0 Å². The molecule has 0 radical (unpaired) electrons. The first-order valence-corrected chi connectivity index (χ1v) is 9.32.